The summed E-state index contributed by atoms with van der Waals surface area (Å²) in [5, 5.41) is 71.3. The van der Waals surface area contributed by atoms with Gasteiger partial charge in [0.2, 0.25) is 5.79 Å². The number of unbranched alkanes of at least 4 members (excludes halogenated alkanes) is 12. The van der Waals surface area contributed by atoms with Crippen LogP contribution in [0.4, 0.5) is 0 Å². The number of rotatable bonds is 22. The fraction of sp³-hybridized carbons (Fsp3) is 0.958. The molecule has 0 aromatic carbocycles. The summed E-state index contributed by atoms with van der Waals surface area (Å²) < 4.78 is 0. The Kier molecular flexibility index (Phi) is 23.5. The van der Waals surface area contributed by atoms with Crippen LogP contribution in [-0.2, 0) is 4.79 Å². The van der Waals surface area contributed by atoms with E-state index in [9.17, 15) is 15.0 Å². The Labute approximate surface area is 204 Å². The lowest BCUT2D eigenvalue weighted by Gasteiger charge is -2.31. The highest BCUT2D eigenvalue weighted by Gasteiger charge is 2.53. The molecule has 0 spiro atoms. The lowest BCUT2D eigenvalue weighted by molar-refractivity contribution is -0.346. The third kappa shape index (κ3) is 18.5. The zero-order valence-corrected chi connectivity index (χ0v) is 21.1. The first-order valence-electron chi connectivity index (χ1n) is 12.8. The van der Waals surface area contributed by atoms with E-state index in [0.717, 1.165) is 19.3 Å². The molecular formula is C24H51NO9. The number of aliphatic hydroxyl groups excluding tert-OH is 3. The summed E-state index contributed by atoms with van der Waals surface area (Å²) in [6.45, 7) is 3.97. The fourth-order valence-corrected chi connectivity index (χ4v) is 3.49. The van der Waals surface area contributed by atoms with Crippen LogP contribution in [0.3, 0.4) is 0 Å². The molecule has 0 saturated heterocycles. The molecule has 0 radical (unpaired) electrons. The van der Waals surface area contributed by atoms with E-state index < -0.39 is 17.5 Å². The van der Waals surface area contributed by atoms with Crippen molar-refractivity contribution < 1.29 is 45.6 Å². The van der Waals surface area contributed by atoms with E-state index in [4.69, 9.17) is 30.6 Å². The van der Waals surface area contributed by atoms with Gasteiger partial charge in [0.15, 0.2) is 0 Å². The summed E-state index contributed by atoms with van der Waals surface area (Å²) in [5.41, 5.74) is 0. The molecule has 0 atom stereocenters. The van der Waals surface area contributed by atoms with Crippen LogP contribution < -0.4 is 0 Å². The maximum Gasteiger partial charge on any atom is 0.370 e. The molecule has 206 valence electrons. The van der Waals surface area contributed by atoms with Gasteiger partial charge in [0, 0.05) is 26.1 Å². The maximum atomic E-state index is 10.6. The molecule has 0 aromatic rings. The van der Waals surface area contributed by atoms with Crippen LogP contribution >= 0.6 is 0 Å². The zero-order chi connectivity index (χ0) is 26.3. The van der Waals surface area contributed by atoms with Crippen molar-refractivity contribution in [3.63, 3.8) is 0 Å². The summed E-state index contributed by atoms with van der Waals surface area (Å²) >= 11 is 0. The monoisotopic (exact) mass is 497 g/mol. The first-order valence-corrected chi connectivity index (χ1v) is 12.8. The predicted molar refractivity (Wildman–Crippen MR) is 130 cm³/mol. The van der Waals surface area contributed by atoms with Crippen LogP contribution in [0.15, 0.2) is 0 Å². The van der Waals surface area contributed by atoms with E-state index in [0.29, 0.717) is 32.5 Å². The number of hydrogen-bond acceptors (Lipinski definition) is 9. The maximum absolute atomic E-state index is 10.6. The third-order valence-electron chi connectivity index (χ3n) is 5.73. The Morgan fingerprint density at radius 2 is 0.941 bits per heavy atom. The van der Waals surface area contributed by atoms with E-state index in [2.05, 4.69) is 6.92 Å². The molecule has 0 aliphatic rings. The highest BCUT2D eigenvalue weighted by atomic mass is 16.6. The highest BCUT2D eigenvalue weighted by Crippen LogP contribution is 2.24. The summed E-state index contributed by atoms with van der Waals surface area (Å²) in [7, 11) is 0. The Bertz CT molecular complexity index is 447. The SMILES string of the molecule is CCCCCCCCCCCCCCCC(O)(O)C(O)(O)C(=O)O.OCCN(CCO)CCO. The molecule has 0 aliphatic carbocycles. The third-order valence-corrected chi connectivity index (χ3v) is 5.73. The molecule has 0 amide bonds. The largest absolute Gasteiger partial charge is 0.477 e. The Morgan fingerprint density at radius 3 is 1.24 bits per heavy atom. The number of carboxylic acids is 1. The predicted octanol–water partition coefficient (Wildman–Crippen LogP) is 1.18. The highest BCUT2D eigenvalue weighted by molar-refractivity contribution is 5.76. The van der Waals surface area contributed by atoms with Gasteiger partial charge in [0.25, 0.3) is 0 Å². The van der Waals surface area contributed by atoms with Crippen molar-refractivity contribution in [3.8, 4) is 0 Å². The first kappa shape index (κ1) is 35.3. The van der Waals surface area contributed by atoms with E-state index in [1.54, 1.807) is 4.90 Å². The fourth-order valence-electron chi connectivity index (χ4n) is 3.49. The molecular weight excluding hydrogens is 446 g/mol. The Morgan fingerprint density at radius 1 is 0.618 bits per heavy atom. The molecule has 0 bridgehead atoms. The summed E-state index contributed by atoms with van der Waals surface area (Å²) in [5.74, 6) is -8.64. The molecule has 0 saturated carbocycles. The number of nitrogens with zero attached hydrogens (tertiary/aromatic N) is 1. The van der Waals surface area contributed by atoms with E-state index in [-0.39, 0.29) is 26.2 Å². The number of aliphatic carboxylic acids is 1. The molecule has 8 N–H and O–H groups in total. The van der Waals surface area contributed by atoms with Crippen LogP contribution in [0.25, 0.3) is 0 Å². The normalized spacial score (nSPS) is 12.0. The summed E-state index contributed by atoms with van der Waals surface area (Å²) in [4.78, 5) is 12.4. The number of carboxylic acid groups (broad SMARTS) is 1. The Balaban J connectivity index is 0. The van der Waals surface area contributed by atoms with Crippen molar-refractivity contribution in [2.75, 3.05) is 39.5 Å². The first-order chi connectivity index (χ1) is 16.1. The van der Waals surface area contributed by atoms with Gasteiger partial charge in [-0.05, 0) is 6.42 Å². The van der Waals surface area contributed by atoms with Gasteiger partial charge in [-0.2, -0.15) is 0 Å². The minimum Gasteiger partial charge on any atom is -0.477 e. The minimum atomic E-state index is -3.54. The topological polar surface area (TPSA) is 182 Å². The molecule has 0 fully saturated rings. The lowest BCUT2D eigenvalue weighted by Crippen LogP contribution is -2.59. The number of aliphatic hydroxyl groups is 7. The van der Waals surface area contributed by atoms with Crippen molar-refractivity contribution in [1.29, 1.82) is 0 Å². The van der Waals surface area contributed by atoms with Crippen LogP contribution in [0.1, 0.15) is 96.8 Å². The molecule has 0 unspecified atom stereocenters. The molecule has 34 heavy (non-hydrogen) atoms. The van der Waals surface area contributed by atoms with Crippen molar-refractivity contribution in [3.05, 3.63) is 0 Å². The van der Waals surface area contributed by atoms with E-state index in [1.165, 1.54) is 51.4 Å². The van der Waals surface area contributed by atoms with Crippen molar-refractivity contribution in [1.82, 2.24) is 4.90 Å². The second kappa shape index (κ2) is 22.6. The van der Waals surface area contributed by atoms with Crippen molar-refractivity contribution in [2.24, 2.45) is 0 Å². The van der Waals surface area contributed by atoms with Gasteiger partial charge in [-0.15, -0.1) is 0 Å². The average Bonchev–Trinajstić information content (AvgIpc) is 2.77. The van der Waals surface area contributed by atoms with Gasteiger partial charge >= 0.3 is 11.8 Å². The number of carbonyl (C=O) groups is 1. The second-order valence-corrected chi connectivity index (χ2v) is 8.80. The van der Waals surface area contributed by atoms with Gasteiger partial charge in [-0.25, -0.2) is 4.79 Å². The lowest BCUT2D eigenvalue weighted by atomic mass is 9.98. The van der Waals surface area contributed by atoms with E-state index >= 15 is 0 Å². The second-order valence-electron chi connectivity index (χ2n) is 8.80. The summed E-state index contributed by atoms with van der Waals surface area (Å²) in [6.07, 6.45) is 14.2. The van der Waals surface area contributed by atoms with Crippen molar-refractivity contribution in [2.45, 2.75) is 108 Å². The minimum absolute atomic E-state index is 0.0694. The average molecular weight is 498 g/mol. The summed E-state index contributed by atoms with van der Waals surface area (Å²) in [6, 6.07) is 0. The van der Waals surface area contributed by atoms with Gasteiger partial charge in [-0.1, -0.05) is 84.0 Å². The van der Waals surface area contributed by atoms with Gasteiger partial charge < -0.3 is 40.9 Å². The quantitative estimate of drug-likeness (QED) is 0.0798. The molecule has 0 aromatic heterocycles. The van der Waals surface area contributed by atoms with Gasteiger partial charge in [-0.3, -0.25) is 4.90 Å². The molecule has 10 heteroatoms. The molecule has 0 rings (SSSR count). The molecule has 0 aliphatic heterocycles. The van der Waals surface area contributed by atoms with Crippen molar-refractivity contribution >= 4 is 5.97 Å². The number of hydrogen-bond donors (Lipinski definition) is 8. The van der Waals surface area contributed by atoms with Crippen LogP contribution in [-0.4, -0.2) is 103 Å². The van der Waals surface area contributed by atoms with Crippen LogP contribution in [0, 0.1) is 0 Å². The smallest absolute Gasteiger partial charge is 0.370 e. The molecule has 10 nitrogen and oxygen atoms in total. The Hall–Kier alpha value is -0.850. The van der Waals surface area contributed by atoms with Crippen LogP contribution in [0.5, 0.6) is 0 Å². The zero-order valence-electron chi connectivity index (χ0n) is 21.1. The standard InChI is InChI=1S/C18H36O6.C6H15NO3/c1-2-3-4-5-6-7-8-9-10-11-12-13-14-15-17(21,22)18(23,24)16(19)20;8-4-1-7(2-5-9)3-6-10/h21-24H,2-15H2,1H3,(H,19,20);8-10H,1-6H2. The van der Waals surface area contributed by atoms with Gasteiger partial charge in [0.05, 0.1) is 19.8 Å². The van der Waals surface area contributed by atoms with E-state index in [1.807, 2.05) is 0 Å². The van der Waals surface area contributed by atoms with Gasteiger partial charge in [0.1, 0.15) is 0 Å². The van der Waals surface area contributed by atoms with Crippen LogP contribution in [0.2, 0.25) is 0 Å². The molecule has 0 heterocycles.